The summed E-state index contributed by atoms with van der Waals surface area (Å²) in [6.07, 6.45) is 2.63. The molecule has 0 atom stereocenters. The van der Waals surface area contributed by atoms with Crippen molar-refractivity contribution in [1.29, 1.82) is 0 Å². The molecule has 5 heteroatoms. The van der Waals surface area contributed by atoms with Gasteiger partial charge in [0, 0.05) is 17.5 Å². The van der Waals surface area contributed by atoms with Crippen molar-refractivity contribution in [3.63, 3.8) is 0 Å². The summed E-state index contributed by atoms with van der Waals surface area (Å²) in [7, 11) is 0. The van der Waals surface area contributed by atoms with Gasteiger partial charge in [-0.1, -0.05) is 55.8 Å². The van der Waals surface area contributed by atoms with Crippen LogP contribution < -0.4 is 10.1 Å². The Kier molecular flexibility index (Phi) is 6.47. The minimum Gasteiger partial charge on any atom is -0.483 e. The fourth-order valence-corrected chi connectivity index (χ4v) is 3.79. The highest BCUT2D eigenvalue weighted by Crippen LogP contribution is 2.23. The van der Waals surface area contributed by atoms with Crippen molar-refractivity contribution in [3.8, 4) is 5.75 Å². The van der Waals surface area contributed by atoms with Crippen LogP contribution in [0.4, 0.5) is 5.13 Å². The lowest BCUT2D eigenvalue weighted by Gasteiger charge is -2.09. The first-order chi connectivity index (χ1) is 13.4. The molecule has 4 nitrogen and oxygen atoms in total. The van der Waals surface area contributed by atoms with E-state index in [2.05, 4.69) is 48.4 Å². The number of carbonyl (C=O) groups excluding carboxylic acids is 1. The van der Waals surface area contributed by atoms with Gasteiger partial charge in [0.1, 0.15) is 5.75 Å². The first kappa shape index (κ1) is 20.1. The van der Waals surface area contributed by atoms with Gasteiger partial charge in [0.05, 0.1) is 0 Å². The molecular weight excluding hydrogens is 368 g/mol. The summed E-state index contributed by atoms with van der Waals surface area (Å²) in [5, 5.41) is 3.42. The third kappa shape index (κ3) is 5.42. The highest BCUT2D eigenvalue weighted by molar-refractivity contribution is 7.15. The number of amides is 1. The summed E-state index contributed by atoms with van der Waals surface area (Å²) in [6, 6.07) is 14.6. The largest absolute Gasteiger partial charge is 0.483 e. The minimum atomic E-state index is -0.206. The molecule has 0 spiro atoms. The van der Waals surface area contributed by atoms with E-state index in [9.17, 15) is 4.79 Å². The molecule has 0 bridgehead atoms. The van der Waals surface area contributed by atoms with E-state index in [4.69, 9.17) is 4.74 Å². The van der Waals surface area contributed by atoms with E-state index in [0.29, 0.717) is 11.0 Å². The van der Waals surface area contributed by atoms with Gasteiger partial charge in [0.15, 0.2) is 11.7 Å². The Balaban J connectivity index is 1.52. The zero-order valence-electron chi connectivity index (χ0n) is 16.8. The number of hydrogen-bond acceptors (Lipinski definition) is 4. The third-order valence-electron chi connectivity index (χ3n) is 4.51. The molecular formula is C23H26N2O2S. The van der Waals surface area contributed by atoms with Crippen LogP contribution in [-0.4, -0.2) is 17.5 Å². The predicted octanol–water partition coefficient (Wildman–Crippen LogP) is 5.49. The Morgan fingerprint density at radius 1 is 1.14 bits per heavy atom. The van der Waals surface area contributed by atoms with E-state index in [0.717, 1.165) is 22.6 Å². The smallest absolute Gasteiger partial charge is 0.264 e. The van der Waals surface area contributed by atoms with E-state index >= 15 is 0 Å². The molecule has 1 aromatic heterocycles. The number of anilines is 1. The van der Waals surface area contributed by atoms with E-state index in [-0.39, 0.29) is 12.5 Å². The average molecular weight is 395 g/mol. The van der Waals surface area contributed by atoms with Gasteiger partial charge in [-0.25, -0.2) is 4.98 Å². The molecule has 0 aliphatic carbocycles. The number of thiazole rings is 1. The van der Waals surface area contributed by atoms with Crippen LogP contribution in [-0.2, 0) is 11.2 Å². The second-order valence-electron chi connectivity index (χ2n) is 7.31. The second kappa shape index (κ2) is 9.02. The van der Waals surface area contributed by atoms with E-state index in [1.807, 2.05) is 38.2 Å². The van der Waals surface area contributed by atoms with E-state index in [1.54, 1.807) is 0 Å². The van der Waals surface area contributed by atoms with Gasteiger partial charge in [0.2, 0.25) is 0 Å². The monoisotopic (exact) mass is 394 g/mol. The molecule has 3 aromatic rings. The lowest BCUT2D eigenvalue weighted by Crippen LogP contribution is -2.20. The Labute approximate surface area is 170 Å². The maximum absolute atomic E-state index is 12.2. The van der Waals surface area contributed by atoms with Crippen molar-refractivity contribution < 1.29 is 9.53 Å². The number of nitrogens with zero attached hydrogens (tertiary/aromatic N) is 1. The van der Waals surface area contributed by atoms with Crippen LogP contribution in [0.2, 0.25) is 0 Å². The van der Waals surface area contributed by atoms with Gasteiger partial charge in [-0.15, -0.1) is 11.3 Å². The fraction of sp³-hybridized carbons (Fsp3) is 0.304. The van der Waals surface area contributed by atoms with Gasteiger partial charge in [-0.05, 0) is 42.5 Å². The molecule has 0 aliphatic rings. The maximum Gasteiger partial charge on any atom is 0.264 e. The molecule has 1 N–H and O–H groups in total. The third-order valence-corrected chi connectivity index (χ3v) is 5.43. The summed E-state index contributed by atoms with van der Waals surface area (Å²) in [4.78, 5) is 17.6. The Hall–Kier alpha value is -2.66. The van der Waals surface area contributed by atoms with Crippen molar-refractivity contribution in [2.75, 3.05) is 11.9 Å². The molecule has 28 heavy (non-hydrogen) atoms. The van der Waals surface area contributed by atoms with Crippen LogP contribution in [0.5, 0.6) is 5.75 Å². The zero-order chi connectivity index (χ0) is 20.1. The van der Waals surface area contributed by atoms with Crippen molar-refractivity contribution >= 4 is 22.4 Å². The molecule has 0 unspecified atom stereocenters. The van der Waals surface area contributed by atoms with Gasteiger partial charge < -0.3 is 4.74 Å². The number of carbonyl (C=O) groups is 1. The SMILES string of the molecule is Cc1ccc(OCC(=O)Nc2ncc(Cc3ccc(C(C)C)cc3)s2)c(C)c1. The van der Waals surface area contributed by atoms with Crippen LogP contribution in [0, 0.1) is 13.8 Å². The van der Waals surface area contributed by atoms with Crippen LogP contribution in [0.15, 0.2) is 48.7 Å². The Morgan fingerprint density at radius 3 is 2.57 bits per heavy atom. The summed E-state index contributed by atoms with van der Waals surface area (Å²) >= 11 is 1.49. The lowest BCUT2D eigenvalue weighted by molar-refractivity contribution is -0.118. The molecule has 0 radical (unpaired) electrons. The van der Waals surface area contributed by atoms with Crippen LogP contribution >= 0.6 is 11.3 Å². The maximum atomic E-state index is 12.2. The summed E-state index contributed by atoms with van der Waals surface area (Å²) < 4.78 is 5.62. The molecule has 2 aromatic carbocycles. The predicted molar refractivity (Wildman–Crippen MR) is 115 cm³/mol. The number of benzene rings is 2. The quantitative estimate of drug-likeness (QED) is 0.576. The number of nitrogens with one attached hydrogen (secondary N) is 1. The lowest BCUT2D eigenvalue weighted by atomic mass is 10.0. The van der Waals surface area contributed by atoms with Gasteiger partial charge in [-0.3, -0.25) is 10.1 Å². The normalized spacial score (nSPS) is 10.9. The van der Waals surface area contributed by atoms with Gasteiger partial charge >= 0.3 is 0 Å². The van der Waals surface area contributed by atoms with Crippen LogP contribution in [0.1, 0.15) is 46.9 Å². The molecule has 3 rings (SSSR count). The minimum absolute atomic E-state index is 0.0323. The molecule has 0 saturated heterocycles. The summed E-state index contributed by atoms with van der Waals surface area (Å²) in [6.45, 7) is 8.35. The standard InChI is InChI=1S/C23H26N2O2S/c1-15(2)19-8-6-18(7-9-19)12-20-13-24-23(28-20)25-22(26)14-27-21-10-5-16(3)11-17(21)4/h5-11,13,15H,12,14H2,1-4H3,(H,24,25,26). The molecule has 0 saturated carbocycles. The van der Waals surface area contributed by atoms with E-state index < -0.39 is 0 Å². The number of hydrogen-bond donors (Lipinski definition) is 1. The van der Waals surface area contributed by atoms with Gasteiger partial charge in [-0.2, -0.15) is 0 Å². The Morgan fingerprint density at radius 2 is 1.89 bits per heavy atom. The van der Waals surface area contributed by atoms with Gasteiger partial charge in [0.25, 0.3) is 5.91 Å². The van der Waals surface area contributed by atoms with E-state index in [1.165, 1.54) is 28.0 Å². The number of ether oxygens (including phenoxy) is 1. The Bertz CT molecular complexity index is 945. The average Bonchev–Trinajstić information content (AvgIpc) is 3.08. The molecule has 146 valence electrons. The van der Waals surface area contributed by atoms with Crippen molar-refractivity contribution in [1.82, 2.24) is 4.98 Å². The highest BCUT2D eigenvalue weighted by atomic mass is 32.1. The fourth-order valence-electron chi connectivity index (χ4n) is 2.93. The highest BCUT2D eigenvalue weighted by Gasteiger charge is 2.09. The zero-order valence-corrected chi connectivity index (χ0v) is 17.6. The first-order valence-electron chi connectivity index (χ1n) is 9.44. The first-order valence-corrected chi connectivity index (χ1v) is 10.3. The molecule has 1 amide bonds. The van der Waals surface area contributed by atoms with Crippen molar-refractivity contribution in [3.05, 3.63) is 75.8 Å². The van der Waals surface area contributed by atoms with Crippen molar-refractivity contribution in [2.24, 2.45) is 0 Å². The molecule has 0 aliphatic heterocycles. The second-order valence-corrected chi connectivity index (χ2v) is 8.43. The number of rotatable bonds is 7. The molecule has 1 heterocycles. The topological polar surface area (TPSA) is 51.2 Å². The van der Waals surface area contributed by atoms with Crippen LogP contribution in [0.25, 0.3) is 0 Å². The van der Waals surface area contributed by atoms with Crippen LogP contribution in [0.3, 0.4) is 0 Å². The number of aryl methyl sites for hydroxylation is 2. The molecule has 0 fully saturated rings. The number of aromatic nitrogens is 1. The summed E-state index contributed by atoms with van der Waals surface area (Å²) in [5.41, 5.74) is 4.77. The summed E-state index contributed by atoms with van der Waals surface area (Å²) in [5.74, 6) is 1.05. The van der Waals surface area contributed by atoms with Crippen molar-refractivity contribution in [2.45, 2.75) is 40.0 Å².